The minimum absolute atomic E-state index is 0.00322. The Balaban J connectivity index is 1.19. The number of rotatable bonds is 7. The van der Waals surface area contributed by atoms with Crippen LogP contribution >= 0.6 is 11.3 Å². The van der Waals surface area contributed by atoms with Gasteiger partial charge in [-0.3, -0.25) is 23.9 Å². The zero-order valence-electron chi connectivity index (χ0n) is 28.9. The van der Waals surface area contributed by atoms with Gasteiger partial charge in [-0.25, -0.2) is 22.8 Å². The van der Waals surface area contributed by atoms with Gasteiger partial charge >= 0.3 is 0 Å². The van der Waals surface area contributed by atoms with E-state index in [0.29, 0.717) is 48.2 Å². The molecule has 52 heavy (non-hydrogen) atoms. The number of carbonyl (C=O) groups is 4. The molecule has 4 aliphatic rings. The highest BCUT2D eigenvalue weighted by Crippen LogP contribution is 2.46. The molecule has 1 aromatic carbocycles. The molecule has 7 rings (SSSR count). The van der Waals surface area contributed by atoms with Crippen molar-refractivity contribution < 1.29 is 36.7 Å². The van der Waals surface area contributed by atoms with E-state index in [2.05, 4.69) is 25.3 Å². The van der Waals surface area contributed by atoms with Crippen LogP contribution in [-0.4, -0.2) is 82.4 Å². The molecular weight excluding hydrogens is 712 g/mol. The van der Waals surface area contributed by atoms with E-state index in [0.717, 1.165) is 17.7 Å². The molecule has 276 valence electrons. The molecule has 5 unspecified atom stereocenters. The Bertz CT molecular complexity index is 2070. The van der Waals surface area contributed by atoms with E-state index < -0.39 is 74.4 Å². The third kappa shape index (κ3) is 7.54. The Labute approximate surface area is 304 Å². The summed E-state index contributed by atoms with van der Waals surface area (Å²) in [5.41, 5.74) is -0.343. The van der Waals surface area contributed by atoms with Crippen molar-refractivity contribution in [1.29, 1.82) is 0 Å². The van der Waals surface area contributed by atoms with Crippen LogP contribution in [-0.2, 0) is 24.4 Å². The third-order valence-corrected chi connectivity index (χ3v) is 13.0. The first kappa shape index (κ1) is 35.9. The van der Waals surface area contributed by atoms with Crippen molar-refractivity contribution in [2.45, 2.75) is 101 Å². The second-order valence-electron chi connectivity index (χ2n) is 14.2. The van der Waals surface area contributed by atoms with E-state index in [4.69, 9.17) is 4.74 Å². The number of ether oxygens (including phenoxy) is 1. The minimum atomic E-state index is -3.90. The molecule has 3 N–H and O–H groups in total. The van der Waals surface area contributed by atoms with Gasteiger partial charge in [0.2, 0.25) is 27.7 Å². The zero-order chi connectivity index (χ0) is 36.8. The molecule has 3 aromatic rings. The van der Waals surface area contributed by atoms with Crippen molar-refractivity contribution in [3.63, 3.8) is 0 Å². The monoisotopic (exact) mass is 752 g/mol. The summed E-state index contributed by atoms with van der Waals surface area (Å²) in [6.45, 7) is 3.52. The average Bonchev–Trinajstić information content (AvgIpc) is 3.98. The first-order valence-corrected chi connectivity index (χ1v) is 20.0. The molecule has 2 aliphatic carbocycles. The van der Waals surface area contributed by atoms with Crippen LogP contribution < -0.4 is 20.1 Å². The molecule has 2 saturated carbocycles. The van der Waals surface area contributed by atoms with Crippen LogP contribution in [0.1, 0.15) is 78.0 Å². The predicted molar refractivity (Wildman–Crippen MR) is 190 cm³/mol. The molecule has 16 heteroatoms. The van der Waals surface area contributed by atoms with Gasteiger partial charge in [-0.2, -0.15) is 0 Å². The molecular formula is C36H41FN6O7S2. The van der Waals surface area contributed by atoms with Crippen molar-refractivity contribution in [3.8, 4) is 5.88 Å². The van der Waals surface area contributed by atoms with Gasteiger partial charge in [-0.1, -0.05) is 25.0 Å². The van der Waals surface area contributed by atoms with Crippen molar-refractivity contribution in [3.05, 3.63) is 63.7 Å². The maximum atomic E-state index is 14.5. The second-order valence-corrected chi connectivity index (χ2v) is 17.4. The number of sulfonamides is 1. The normalized spacial score (nSPS) is 26.8. The number of amides is 4. The Kier molecular flexibility index (Phi) is 9.80. The number of nitrogens with one attached hydrogen (secondary N) is 3. The lowest BCUT2D eigenvalue weighted by atomic mass is 10.0. The van der Waals surface area contributed by atoms with Crippen molar-refractivity contribution in [1.82, 2.24) is 30.2 Å². The van der Waals surface area contributed by atoms with Gasteiger partial charge in [0.15, 0.2) is 0 Å². The molecule has 4 amide bonds. The first-order valence-electron chi connectivity index (χ1n) is 17.7. The quantitative estimate of drug-likeness (QED) is 0.305. The van der Waals surface area contributed by atoms with E-state index >= 15 is 0 Å². The lowest BCUT2D eigenvalue weighted by Crippen LogP contribution is -2.58. The number of halogens is 1. The van der Waals surface area contributed by atoms with E-state index in [1.807, 2.05) is 25.1 Å². The SMILES string of the molecule is Cc1ccc(C(=O)NC2CCCCCC=CC3CC3(C(=O)NS(=O)(=O)C3CC3)NC(=O)C3CC(Oc4nc5cc(F)ccc5nc4C)CN3C2=O)s1. The third-order valence-electron chi connectivity index (χ3n) is 10.1. The van der Waals surface area contributed by atoms with Gasteiger partial charge in [0, 0.05) is 23.3 Å². The lowest BCUT2D eigenvalue weighted by molar-refractivity contribution is -0.141. The van der Waals surface area contributed by atoms with Crippen LogP contribution in [0.3, 0.4) is 0 Å². The van der Waals surface area contributed by atoms with Gasteiger partial charge in [0.1, 0.15) is 35.2 Å². The summed E-state index contributed by atoms with van der Waals surface area (Å²) in [4.78, 5) is 67.5. The van der Waals surface area contributed by atoms with Crippen molar-refractivity contribution in [2.24, 2.45) is 5.92 Å². The van der Waals surface area contributed by atoms with Gasteiger partial charge in [0.05, 0.1) is 27.7 Å². The summed E-state index contributed by atoms with van der Waals surface area (Å²) in [6, 6.07) is 5.48. The molecule has 2 aromatic heterocycles. The Morgan fingerprint density at radius 1 is 1.06 bits per heavy atom. The number of allylic oxidation sites excluding steroid dienone is 1. The van der Waals surface area contributed by atoms with Crippen molar-refractivity contribution >= 4 is 56.0 Å². The zero-order valence-corrected chi connectivity index (χ0v) is 30.5. The van der Waals surface area contributed by atoms with Crippen LogP contribution in [0.15, 0.2) is 42.5 Å². The second kappa shape index (κ2) is 14.2. The molecule has 1 saturated heterocycles. The molecule has 2 aliphatic heterocycles. The minimum Gasteiger partial charge on any atom is -0.471 e. The number of aryl methyl sites for hydroxylation is 2. The van der Waals surface area contributed by atoms with E-state index in [1.54, 1.807) is 13.0 Å². The molecule has 13 nitrogen and oxygen atoms in total. The standard InChI is InChI=1S/C36H41FN6O7S2/c1-20-10-15-30(51-20)32(45)39-27-9-7-5-3-4-6-8-22-18-36(22,35(47)42-52(48,49)25-12-13-25)41-31(44)29-17-24(19-43(29)34(27)46)50-33-21(2)38-26-14-11-23(37)16-28(26)40-33/h6,8,10-11,14-16,22,24-25,27,29H,3-5,7,9,12-13,17-19H2,1-2H3,(H,39,45)(H,41,44)(H,42,47). The number of thiophene rings is 1. The van der Waals surface area contributed by atoms with E-state index in [-0.39, 0.29) is 30.8 Å². The highest BCUT2D eigenvalue weighted by atomic mass is 32.2. The van der Waals surface area contributed by atoms with Crippen molar-refractivity contribution in [2.75, 3.05) is 6.54 Å². The fraction of sp³-hybridized carbons (Fsp3) is 0.500. The van der Waals surface area contributed by atoms with E-state index in [9.17, 15) is 32.0 Å². The maximum absolute atomic E-state index is 14.5. The van der Waals surface area contributed by atoms with Crippen LogP contribution in [0.25, 0.3) is 11.0 Å². The summed E-state index contributed by atoms with van der Waals surface area (Å²) in [6.07, 6.45) is 7.39. The topological polar surface area (TPSA) is 177 Å². The molecule has 0 radical (unpaired) electrons. The molecule has 4 heterocycles. The number of fused-ring (bicyclic) bond motifs is 3. The van der Waals surface area contributed by atoms with Crippen LogP contribution in [0, 0.1) is 25.6 Å². The fourth-order valence-corrected chi connectivity index (χ4v) is 9.14. The van der Waals surface area contributed by atoms with Gasteiger partial charge in [-0.15, -0.1) is 11.3 Å². The van der Waals surface area contributed by atoms with Gasteiger partial charge < -0.3 is 20.3 Å². The summed E-state index contributed by atoms with van der Waals surface area (Å²) < 4.78 is 48.1. The van der Waals surface area contributed by atoms with Crippen LogP contribution in [0.5, 0.6) is 5.88 Å². The number of nitrogens with zero attached hydrogens (tertiary/aromatic N) is 3. The predicted octanol–water partition coefficient (Wildman–Crippen LogP) is 3.60. The number of aromatic nitrogens is 2. The number of hydrogen-bond acceptors (Lipinski definition) is 10. The Morgan fingerprint density at radius 3 is 2.62 bits per heavy atom. The molecule has 5 atom stereocenters. The lowest BCUT2D eigenvalue weighted by Gasteiger charge is -2.29. The average molecular weight is 753 g/mol. The summed E-state index contributed by atoms with van der Waals surface area (Å²) >= 11 is 1.31. The largest absolute Gasteiger partial charge is 0.471 e. The molecule has 3 fully saturated rings. The number of benzene rings is 1. The van der Waals surface area contributed by atoms with Crippen LogP contribution in [0.4, 0.5) is 4.39 Å². The Hall–Kier alpha value is -4.44. The van der Waals surface area contributed by atoms with E-state index in [1.165, 1.54) is 34.4 Å². The summed E-state index contributed by atoms with van der Waals surface area (Å²) in [7, 11) is -3.90. The molecule has 0 bridgehead atoms. The fourth-order valence-electron chi connectivity index (χ4n) is 7.00. The maximum Gasteiger partial charge on any atom is 0.262 e. The molecule has 0 spiro atoms. The highest BCUT2D eigenvalue weighted by Gasteiger charge is 2.62. The van der Waals surface area contributed by atoms with Gasteiger partial charge in [-0.05, 0) is 76.6 Å². The first-order chi connectivity index (χ1) is 24.8. The summed E-state index contributed by atoms with van der Waals surface area (Å²) in [5, 5.41) is 5.12. The van der Waals surface area contributed by atoms with Gasteiger partial charge in [0.25, 0.3) is 11.8 Å². The number of hydrogen-bond donors (Lipinski definition) is 3. The Morgan fingerprint density at radius 2 is 1.87 bits per heavy atom. The number of carbonyl (C=O) groups excluding carboxylic acids is 4. The smallest absolute Gasteiger partial charge is 0.262 e. The van der Waals surface area contributed by atoms with Crippen LogP contribution in [0.2, 0.25) is 0 Å². The summed E-state index contributed by atoms with van der Waals surface area (Å²) in [5.74, 6) is -3.14. The highest BCUT2D eigenvalue weighted by molar-refractivity contribution is 7.91.